The number of anilines is 1. The average molecular weight is 414 g/mol. The number of carbonyl (C=O) groups is 1. The van der Waals surface area contributed by atoms with E-state index in [0.717, 1.165) is 34.6 Å². The van der Waals surface area contributed by atoms with E-state index in [9.17, 15) is 13.6 Å². The van der Waals surface area contributed by atoms with Gasteiger partial charge in [0.1, 0.15) is 5.69 Å². The summed E-state index contributed by atoms with van der Waals surface area (Å²) in [6.45, 7) is 0. The fourth-order valence-electron chi connectivity index (χ4n) is 3.60. The van der Waals surface area contributed by atoms with Gasteiger partial charge in [-0.3, -0.25) is 9.57 Å². The number of rotatable bonds is 3. The summed E-state index contributed by atoms with van der Waals surface area (Å²) >= 11 is 0. The van der Waals surface area contributed by atoms with Crippen LogP contribution >= 0.6 is 0 Å². The second-order valence-electron chi connectivity index (χ2n) is 6.94. The lowest BCUT2D eigenvalue weighted by Crippen LogP contribution is -2.21. The molecule has 1 aliphatic heterocycles. The first-order valence-electron chi connectivity index (χ1n) is 9.15. The van der Waals surface area contributed by atoms with Crippen molar-refractivity contribution in [3.05, 3.63) is 83.2 Å². The Morgan fingerprint density at radius 2 is 1.97 bits per heavy atom. The van der Waals surface area contributed by atoms with E-state index in [1.165, 1.54) is 6.07 Å². The summed E-state index contributed by atoms with van der Waals surface area (Å²) in [5.74, 6) is -2.39. The first-order chi connectivity index (χ1) is 13.9. The van der Waals surface area contributed by atoms with Crippen LogP contribution in [0.25, 0.3) is 0 Å². The number of aryl methyl sites for hydroxylation is 1. The van der Waals surface area contributed by atoms with Gasteiger partial charge in [0.2, 0.25) is 0 Å². The summed E-state index contributed by atoms with van der Waals surface area (Å²) in [6, 6.07) is 13.2. The third-order valence-electron chi connectivity index (χ3n) is 5.00. The fraction of sp³-hybridized carbons (Fsp3) is 0.190. The second kappa shape index (κ2) is 7.88. The molecule has 0 radical (unpaired) electrons. The van der Waals surface area contributed by atoms with Crippen LogP contribution in [0.1, 0.15) is 34.1 Å². The monoisotopic (exact) mass is 414 g/mol. The van der Waals surface area contributed by atoms with Crippen LogP contribution in [0.15, 0.2) is 59.6 Å². The van der Waals surface area contributed by atoms with Crippen LogP contribution in [0.3, 0.4) is 0 Å². The van der Waals surface area contributed by atoms with Gasteiger partial charge >= 0.3 is 0 Å². The van der Waals surface area contributed by atoms with Gasteiger partial charge in [0, 0.05) is 31.0 Å². The molecule has 2 heterocycles. The van der Waals surface area contributed by atoms with E-state index in [-0.39, 0.29) is 11.7 Å². The molecule has 0 fully saturated rings. The van der Waals surface area contributed by atoms with Crippen LogP contribution in [0.4, 0.5) is 14.5 Å². The van der Waals surface area contributed by atoms with Crippen molar-refractivity contribution in [2.45, 2.75) is 23.8 Å². The van der Waals surface area contributed by atoms with Gasteiger partial charge in [-0.05, 0) is 47.0 Å². The molecule has 29 heavy (non-hydrogen) atoms. The Kier molecular flexibility index (Phi) is 5.29. The van der Waals surface area contributed by atoms with Crippen LogP contribution in [0.2, 0.25) is 0 Å². The van der Waals surface area contributed by atoms with E-state index in [1.807, 2.05) is 30.3 Å². The number of hydrogen-bond donors (Lipinski definition) is 3. The Bertz CT molecular complexity index is 1100. The summed E-state index contributed by atoms with van der Waals surface area (Å²) < 4.78 is 40.2. The van der Waals surface area contributed by atoms with Crippen LogP contribution in [-0.4, -0.2) is 10.5 Å². The van der Waals surface area contributed by atoms with Gasteiger partial charge in [-0.1, -0.05) is 30.3 Å². The molecule has 1 aromatic heterocycles. The number of benzene rings is 2. The lowest BCUT2D eigenvalue weighted by molar-refractivity contribution is 0.101. The van der Waals surface area contributed by atoms with Gasteiger partial charge in [0.15, 0.2) is 11.6 Å². The molecule has 5 nitrogen and oxygen atoms in total. The van der Waals surface area contributed by atoms with Gasteiger partial charge in [-0.25, -0.2) is 13.5 Å². The maximum atomic E-state index is 13.5. The number of amides is 1. The minimum atomic E-state index is -1.02. The molecule has 150 valence electrons. The van der Waals surface area contributed by atoms with Gasteiger partial charge in [0.05, 0.1) is 4.90 Å². The van der Waals surface area contributed by atoms with Gasteiger partial charge < -0.3 is 9.88 Å². The molecule has 2 unspecified atom stereocenters. The first kappa shape index (κ1) is 19.5. The standard InChI is InChI=1S/C21H20F2N4OS/c1-27-12-19-15(8-10-18(26-29(19)24)13-5-3-2-4-6-13)20(27)21(28)25-14-7-9-16(22)17(23)11-14/h2-7,9,11-12,18H,8,10H2,1H3,(H2,24,26)(H,25,28). The van der Waals surface area contributed by atoms with E-state index in [2.05, 4.69) is 10.0 Å². The zero-order chi connectivity index (χ0) is 20.5. The number of nitrogens with zero attached hydrogens (tertiary/aromatic N) is 1. The summed E-state index contributed by atoms with van der Waals surface area (Å²) in [5.41, 5.74) is 2.55. The van der Waals surface area contributed by atoms with Gasteiger partial charge in [-0.15, -0.1) is 0 Å². The minimum Gasteiger partial charge on any atom is -0.345 e. The molecule has 1 amide bonds. The zero-order valence-corrected chi connectivity index (χ0v) is 16.5. The molecule has 0 saturated heterocycles. The van der Waals surface area contributed by atoms with Crippen molar-refractivity contribution in [2.75, 3.05) is 5.32 Å². The summed E-state index contributed by atoms with van der Waals surface area (Å²) in [6.07, 6.45) is 3.17. The highest BCUT2D eigenvalue weighted by atomic mass is 32.2. The van der Waals surface area contributed by atoms with Crippen molar-refractivity contribution in [1.29, 1.82) is 4.78 Å². The summed E-state index contributed by atoms with van der Waals surface area (Å²) in [5, 5.41) is 2.64. The quantitative estimate of drug-likeness (QED) is 0.591. The van der Waals surface area contributed by atoms with Crippen molar-refractivity contribution in [3.63, 3.8) is 0 Å². The molecule has 2 aromatic carbocycles. The molecule has 0 bridgehead atoms. The number of carbonyl (C=O) groups excluding carboxylic acids is 1. The molecule has 4 rings (SSSR count). The Labute approximate surface area is 169 Å². The molecule has 2 atom stereocenters. The number of halogens is 2. The largest absolute Gasteiger partial charge is 0.345 e. The highest BCUT2D eigenvalue weighted by molar-refractivity contribution is 7.84. The third kappa shape index (κ3) is 3.86. The SMILES string of the molecule is Cn1cc2c(c1C(=O)Nc1ccc(F)c(F)c1)CCC(c1ccccc1)NS2=N. The van der Waals surface area contributed by atoms with Crippen molar-refractivity contribution in [1.82, 2.24) is 9.29 Å². The summed E-state index contributed by atoms with van der Waals surface area (Å²) in [7, 11) is 0.768. The van der Waals surface area contributed by atoms with Crippen molar-refractivity contribution < 1.29 is 13.6 Å². The van der Waals surface area contributed by atoms with Crippen molar-refractivity contribution in [2.24, 2.45) is 7.05 Å². The Morgan fingerprint density at radius 1 is 1.21 bits per heavy atom. The third-order valence-corrected chi connectivity index (χ3v) is 6.32. The van der Waals surface area contributed by atoms with Crippen LogP contribution in [0.5, 0.6) is 0 Å². The summed E-state index contributed by atoms with van der Waals surface area (Å²) in [4.78, 5) is 13.7. The predicted octanol–water partition coefficient (Wildman–Crippen LogP) is 4.49. The second-order valence-corrected chi connectivity index (χ2v) is 8.23. The molecule has 0 saturated carbocycles. The number of hydrogen-bond acceptors (Lipinski definition) is 2. The lowest BCUT2D eigenvalue weighted by atomic mass is 9.99. The molecular formula is C21H20F2N4OS. The van der Waals surface area contributed by atoms with Crippen molar-refractivity contribution >= 4 is 22.5 Å². The number of nitrogens with one attached hydrogen (secondary N) is 3. The zero-order valence-electron chi connectivity index (χ0n) is 15.7. The average Bonchev–Trinajstić information content (AvgIpc) is 2.96. The molecule has 0 aliphatic carbocycles. The van der Waals surface area contributed by atoms with Crippen LogP contribution in [0, 0.1) is 16.4 Å². The van der Waals surface area contributed by atoms with E-state index in [4.69, 9.17) is 4.78 Å². The molecule has 3 N–H and O–H groups in total. The van der Waals surface area contributed by atoms with Gasteiger partial charge in [0.25, 0.3) is 5.91 Å². The number of fused-ring (bicyclic) bond motifs is 1. The topological polar surface area (TPSA) is 69.9 Å². The Hall–Kier alpha value is -2.84. The molecule has 1 aliphatic rings. The predicted molar refractivity (Wildman–Crippen MR) is 109 cm³/mol. The Balaban J connectivity index is 1.62. The van der Waals surface area contributed by atoms with Gasteiger partial charge in [-0.2, -0.15) is 0 Å². The molecule has 8 heteroatoms. The molecule has 3 aromatic rings. The maximum Gasteiger partial charge on any atom is 0.272 e. The highest BCUT2D eigenvalue weighted by Crippen LogP contribution is 2.31. The minimum absolute atomic E-state index is 0.0249. The van der Waals surface area contributed by atoms with E-state index < -0.39 is 28.4 Å². The fourth-order valence-corrected chi connectivity index (χ4v) is 4.97. The van der Waals surface area contributed by atoms with Crippen molar-refractivity contribution in [3.8, 4) is 0 Å². The lowest BCUT2D eigenvalue weighted by Gasteiger charge is -2.17. The van der Waals surface area contributed by atoms with E-state index >= 15 is 0 Å². The smallest absolute Gasteiger partial charge is 0.272 e. The highest BCUT2D eigenvalue weighted by Gasteiger charge is 2.27. The maximum absolute atomic E-state index is 13.5. The molecular weight excluding hydrogens is 394 g/mol. The first-order valence-corrected chi connectivity index (χ1v) is 10.4. The van der Waals surface area contributed by atoms with Crippen LogP contribution < -0.4 is 10.0 Å². The van der Waals surface area contributed by atoms with E-state index in [1.54, 1.807) is 17.8 Å². The van der Waals surface area contributed by atoms with Crippen LogP contribution in [-0.2, 0) is 24.3 Å². The van der Waals surface area contributed by atoms with E-state index in [0.29, 0.717) is 12.1 Å². The number of aromatic nitrogens is 1. The Morgan fingerprint density at radius 3 is 2.69 bits per heavy atom. The normalized spacial score (nSPS) is 18.7. The molecule has 0 spiro atoms.